The van der Waals surface area contributed by atoms with Crippen LogP contribution >= 0.6 is 0 Å². The van der Waals surface area contributed by atoms with Crippen LogP contribution in [-0.4, -0.2) is 45.6 Å². The Bertz CT molecular complexity index is 604. The molecule has 1 aromatic carbocycles. The quantitative estimate of drug-likeness (QED) is 0.911. The van der Waals surface area contributed by atoms with Gasteiger partial charge in [-0.1, -0.05) is 35.0 Å². The molecule has 0 unspecified atom stereocenters. The van der Waals surface area contributed by atoms with Gasteiger partial charge in [-0.25, -0.2) is 4.79 Å². The van der Waals surface area contributed by atoms with Crippen molar-refractivity contribution >= 4 is 6.03 Å². The van der Waals surface area contributed by atoms with E-state index >= 15 is 0 Å². The van der Waals surface area contributed by atoms with E-state index in [0.29, 0.717) is 13.1 Å². The van der Waals surface area contributed by atoms with Gasteiger partial charge in [-0.05, 0) is 6.92 Å². The molecule has 1 fully saturated rings. The van der Waals surface area contributed by atoms with Gasteiger partial charge in [-0.15, -0.1) is 5.10 Å². The molecule has 6 heteroatoms. The molecule has 2 heterocycles. The first kappa shape index (κ1) is 12.7. The Balaban J connectivity index is 1.64. The molecule has 1 aliphatic rings. The number of amides is 2. The number of carbonyl (C=O) groups is 1. The van der Waals surface area contributed by atoms with Crippen molar-refractivity contribution < 1.29 is 4.79 Å². The van der Waals surface area contributed by atoms with Crippen molar-refractivity contribution in [2.24, 2.45) is 0 Å². The molecule has 0 spiro atoms. The van der Waals surface area contributed by atoms with Gasteiger partial charge >= 0.3 is 6.03 Å². The standard InChI is InChI=1S/C14H17N5O/c1-11-2-4-12(5-3-11)13-10-19(17-16-13)9-8-18-7-6-15-14(18)20/h2-5,10H,6-9H2,1H3,(H,15,20). The normalized spacial score (nSPS) is 14.7. The molecule has 0 atom stereocenters. The summed E-state index contributed by atoms with van der Waals surface area (Å²) in [6.07, 6.45) is 1.92. The van der Waals surface area contributed by atoms with Crippen molar-refractivity contribution in [2.75, 3.05) is 19.6 Å². The third-order valence-corrected chi connectivity index (χ3v) is 3.43. The van der Waals surface area contributed by atoms with Crippen LogP contribution < -0.4 is 5.32 Å². The van der Waals surface area contributed by atoms with Crippen molar-refractivity contribution in [1.82, 2.24) is 25.2 Å². The molecule has 3 rings (SSSR count). The Hall–Kier alpha value is -2.37. The maximum absolute atomic E-state index is 11.4. The third kappa shape index (κ3) is 2.64. The van der Waals surface area contributed by atoms with E-state index in [2.05, 4.69) is 34.7 Å². The molecule has 0 bridgehead atoms. The summed E-state index contributed by atoms with van der Waals surface area (Å²) < 4.78 is 1.78. The first-order valence-corrected chi connectivity index (χ1v) is 6.72. The summed E-state index contributed by atoms with van der Waals surface area (Å²) in [5.74, 6) is 0. The number of aromatic nitrogens is 3. The molecule has 0 radical (unpaired) electrons. The van der Waals surface area contributed by atoms with Crippen LogP contribution in [-0.2, 0) is 6.54 Å². The Morgan fingerprint density at radius 2 is 2.05 bits per heavy atom. The first-order valence-electron chi connectivity index (χ1n) is 6.72. The van der Waals surface area contributed by atoms with Crippen LogP contribution in [0.4, 0.5) is 4.79 Å². The summed E-state index contributed by atoms with van der Waals surface area (Å²) >= 11 is 0. The Morgan fingerprint density at radius 1 is 1.25 bits per heavy atom. The summed E-state index contributed by atoms with van der Waals surface area (Å²) in [4.78, 5) is 13.2. The summed E-state index contributed by atoms with van der Waals surface area (Å²) in [6, 6.07) is 8.20. The van der Waals surface area contributed by atoms with Gasteiger partial charge in [-0.2, -0.15) is 0 Å². The second-order valence-corrected chi connectivity index (χ2v) is 4.95. The minimum atomic E-state index is 0.00359. The molecule has 0 saturated carbocycles. The lowest BCUT2D eigenvalue weighted by Gasteiger charge is -2.12. The van der Waals surface area contributed by atoms with Crippen LogP contribution in [0, 0.1) is 6.92 Å². The fraction of sp³-hybridized carbons (Fsp3) is 0.357. The smallest absolute Gasteiger partial charge is 0.317 e. The average Bonchev–Trinajstić information content (AvgIpc) is 3.06. The van der Waals surface area contributed by atoms with Gasteiger partial charge in [0.25, 0.3) is 0 Å². The number of rotatable bonds is 4. The minimum Gasteiger partial charge on any atom is -0.336 e. The van der Waals surface area contributed by atoms with E-state index in [4.69, 9.17) is 0 Å². The van der Waals surface area contributed by atoms with Gasteiger partial charge in [0.2, 0.25) is 0 Å². The molecule has 1 saturated heterocycles. The van der Waals surface area contributed by atoms with Crippen molar-refractivity contribution in [3.8, 4) is 11.3 Å². The first-order chi connectivity index (χ1) is 9.72. The topological polar surface area (TPSA) is 63.0 Å². The molecular formula is C14H17N5O. The van der Waals surface area contributed by atoms with Gasteiger partial charge in [0.1, 0.15) is 5.69 Å². The zero-order valence-corrected chi connectivity index (χ0v) is 11.4. The lowest BCUT2D eigenvalue weighted by molar-refractivity contribution is 0.215. The number of carbonyl (C=O) groups excluding carboxylic acids is 1. The van der Waals surface area contributed by atoms with Crippen molar-refractivity contribution in [1.29, 1.82) is 0 Å². The average molecular weight is 271 g/mol. The van der Waals surface area contributed by atoms with Gasteiger partial charge < -0.3 is 10.2 Å². The van der Waals surface area contributed by atoms with Crippen LogP contribution in [0.5, 0.6) is 0 Å². The van der Waals surface area contributed by atoms with Crippen molar-refractivity contribution in [2.45, 2.75) is 13.5 Å². The monoisotopic (exact) mass is 271 g/mol. The zero-order valence-electron chi connectivity index (χ0n) is 11.4. The SMILES string of the molecule is Cc1ccc(-c2cn(CCN3CCNC3=O)nn2)cc1. The Kier molecular flexibility index (Phi) is 3.37. The van der Waals surface area contributed by atoms with E-state index in [1.165, 1.54) is 5.56 Å². The molecule has 1 aliphatic heterocycles. The number of urea groups is 1. The van der Waals surface area contributed by atoms with E-state index in [9.17, 15) is 4.79 Å². The van der Waals surface area contributed by atoms with E-state index in [1.54, 1.807) is 9.58 Å². The third-order valence-electron chi connectivity index (χ3n) is 3.43. The maximum Gasteiger partial charge on any atom is 0.317 e. The molecule has 2 aromatic rings. The minimum absolute atomic E-state index is 0.00359. The fourth-order valence-corrected chi connectivity index (χ4v) is 2.21. The van der Waals surface area contributed by atoms with E-state index in [0.717, 1.165) is 24.3 Å². The number of nitrogens with zero attached hydrogens (tertiary/aromatic N) is 4. The Morgan fingerprint density at radius 3 is 2.75 bits per heavy atom. The van der Waals surface area contributed by atoms with Crippen LogP contribution in [0.25, 0.3) is 11.3 Å². The predicted molar refractivity (Wildman–Crippen MR) is 75.2 cm³/mol. The summed E-state index contributed by atoms with van der Waals surface area (Å²) in [5, 5.41) is 11.1. The highest BCUT2D eigenvalue weighted by molar-refractivity contribution is 5.76. The highest BCUT2D eigenvalue weighted by Crippen LogP contribution is 2.16. The van der Waals surface area contributed by atoms with Crippen molar-refractivity contribution in [3.05, 3.63) is 36.0 Å². The number of nitrogens with one attached hydrogen (secondary N) is 1. The maximum atomic E-state index is 11.4. The van der Waals surface area contributed by atoms with Gasteiger partial charge in [-0.3, -0.25) is 4.68 Å². The lowest BCUT2D eigenvalue weighted by Crippen LogP contribution is -2.31. The number of hydrogen-bond donors (Lipinski definition) is 1. The largest absolute Gasteiger partial charge is 0.336 e. The van der Waals surface area contributed by atoms with E-state index in [-0.39, 0.29) is 6.03 Å². The summed E-state index contributed by atoms with van der Waals surface area (Å²) in [7, 11) is 0. The van der Waals surface area contributed by atoms with Crippen molar-refractivity contribution in [3.63, 3.8) is 0 Å². The molecule has 104 valence electrons. The molecule has 6 nitrogen and oxygen atoms in total. The fourth-order valence-electron chi connectivity index (χ4n) is 2.21. The Labute approximate surface area is 117 Å². The molecular weight excluding hydrogens is 254 g/mol. The van der Waals surface area contributed by atoms with E-state index < -0.39 is 0 Å². The number of hydrogen-bond acceptors (Lipinski definition) is 3. The second kappa shape index (κ2) is 5.32. The predicted octanol–water partition coefficient (Wildman–Crippen LogP) is 1.28. The zero-order chi connectivity index (χ0) is 13.9. The van der Waals surface area contributed by atoms with Crippen LogP contribution in [0.2, 0.25) is 0 Å². The summed E-state index contributed by atoms with van der Waals surface area (Å²) in [6.45, 7) is 4.86. The van der Waals surface area contributed by atoms with Gasteiger partial charge in [0, 0.05) is 25.2 Å². The number of benzene rings is 1. The number of aryl methyl sites for hydroxylation is 1. The highest BCUT2D eigenvalue weighted by atomic mass is 16.2. The second-order valence-electron chi connectivity index (χ2n) is 4.95. The van der Waals surface area contributed by atoms with Crippen LogP contribution in [0.1, 0.15) is 5.56 Å². The van der Waals surface area contributed by atoms with Crippen LogP contribution in [0.3, 0.4) is 0 Å². The molecule has 0 aliphatic carbocycles. The molecule has 20 heavy (non-hydrogen) atoms. The van der Waals surface area contributed by atoms with Crippen LogP contribution in [0.15, 0.2) is 30.5 Å². The summed E-state index contributed by atoms with van der Waals surface area (Å²) in [5.41, 5.74) is 3.14. The molecule has 1 N–H and O–H groups in total. The lowest BCUT2D eigenvalue weighted by atomic mass is 10.1. The molecule has 1 aromatic heterocycles. The molecule has 2 amide bonds. The van der Waals surface area contributed by atoms with Gasteiger partial charge in [0.05, 0.1) is 12.7 Å². The van der Waals surface area contributed by atoms with Gasteiger partial charge in [0.15, 0.2) is 0 Å². The highest BCUT2D eigenvalue weighted by Gasteiger charge is 2.18. The van der Waals surface area contributed by atoms with E-state index in [1.807, 2.05) is 18.3 Å².